The Kier molecular flexibility index (Phi) is 5.21. The minimum atomic E-state index is -0.143. The molecule has 1 unspecified atom stereocenters. The first-order valence-corrected chi connectivity index (χ1v) is 9.18. The zero-order chi connectivity index (χ0) is 19.6. The Morgan fingerprint density at radius 3 is 2.74 bits per heavy atom. The summed E-state index contributed by atoms with van der Waals surface area (Å²) in [4.78, 5) is 30.7. The van der Waals surface area contributed by atoms with E-state index in [1.54, 1.807) is 29.6 Å². The first kappa shape index (κ1) is 18.9. The maximum absolute atomic E-state index is 12.9. The molecule has 1 aromatic heterocycles. The van der Waals surface area contributed by atoms with Crippen LogP contribution in [-0.4, -0.2) is 40.6 Å². The van der Waals surface area contributed by atoms with Crippen molar-refractivity contribution in [2.45, 2.75) is 40.3 Å². The van der Waals surface area contributed by atoms with E-state index in [2.05, 4.69) is 36.4 Å². The number of carbonyl (C=O) groups is 2. The summed E-state index contributed by atoms with van der Waals surface area (Å²) < 4.78 is 1.96. The molecule has 0 aliphatic carbocycles. The summed E-state index contributed by atoms with van der Waals surface area (Å²) in [6.07, 6.45) is 5.37. The Balaban J connectivity index is 1.80. The maximum Gasteiger partial charge on any atom is 0.322 e. The SMILES string of the molecule is Cc1ccc(C(=O)NC(Cn2ccnc2)C(C)(C)C)cc1N1CCNC1=O. The molecule has 1 saturated heterocycles. The second kappa shape index (κ2) is 7.42. The summed E-state index contributed by atoms with van der Waals surface area (Å²) in [5.41, 5.74) is 2.17. The second-order valence-electron chi connectivity index (χ2n) is 8.04. The van der Waals surface area contributed by atoms with Crippen molar-refractivity contribution in [2.24, 2.45) is 5.41 Å². The summed E-state index contributed by atoms with van der Waals surface area (Å²) in [6, 6.07) is 5.30. The van der Waals surface area contributed by atoms with E-state index in [0.29, 0.717) is 25.2 Å². The molecule has 144 valence electrons. The lowest BCUT2D eigenvalue weighted by Gasteiger charge is -2.32. The fraction of sp³-hybridized carbons (Fsp3) is 0.450. The Hall–Kier alpha value is -2.83. The molecule has 7 nitrogen and oxygen atoms in total. The van der Waals surface area contributed by atoms with Gasteiger partial charge in [-0.3, -0.25) is 9.69 Å². The van der Waals surface area contributed by atoms with Crippen molar-refractivity contribution in [1.29, 1.82) is 0 Å². The number of hydrogen-bond acceptors (Lipinski definition) is 3. The van der Waals surface area contributed by atoms with Crippen LogP contribution in [0.1, 0.15) is 36.7 Å². The average Bonchev–Trinajstić information content (AvgIpc) is 3.25. The highest BCUT2D eigenvalue weighted by Gasteiger charge is 2.28. The van der Waals surface area contributed by atoms with Gasteiger partial charge in [0.2, 0.25) is 0 Å². The number of amides is 3. The van der Waals surface area contributed by atoms with Gasteiger partial charge in [-0.2, -0.15) is 0 Å². The molecule has 1 aliphatic heterocycles. The number of nitrogens with zero attached hydrogens (tertiary/aromatic N) is 3. The van der Waals surface area contributed by atoms with Crippen molar-refractivity contribution >= 4 is 17.6 Å². The van der Waals surface area contributed by atoms with Crippen LogP contribution in [0.5, 0.6) is 0 Å². The van der Waals surface area contributed by atoms with Crippen LogP contribution in [0.25, 0.3) is 0 Å². The van der Waals surface area contributed by atoms with Crippen molar-refractivity contribution in [1.82, 2.24) is 20.2 Å². The summed E-state index contributed by atoms with van der Waals surface area (Å²) >= 11 is 0. The molecule has 3 amide bonds. The minimum Gasteiger partial charge on any atom is -0.347 e. The van der Waals surface area contributed by atoms with E-state index in [1.165, 1.54) is 0 Å². The smallest absolute Gasteiger partial charge is 0.322 e. The molecule has 1 aliphatic rings. The van der Waals surface area contributed by atoms with Crippen molar-refractivity contribution < 1.29 is 9.59 Å². The van der Waals surface area contributed by atoms with E-state index < -0.39 is 0 Å². The zero-order valence-corrected chi connectivity index (χ0v) is 16.3. The molecule has 0 spiro atoms. The number of imidazole rings is 1. The zero-order valence-electron chi connectivity index (χ0n) is 16.3. The van der Waals surface area contributed by atoms with Crippen LogP contribution < -0.4 is 15.5 Å². The van der Waals surface area contributed by atoms with Crippen molar-refractivity contribution in [2.75, 3.05) is 18.0 Å². The standard InChI is InChI=1S/C20H27N5O2/c1-14-5-6-15(11-16(14)25-10-8-22-19(25)27)18(26)23-17(20(2,3)4)12-24-9-7-21-13-24/h5-7,9,11,13,17H,8,10,12H2,1-4H3,(H,22,27)(H,23,26). The normalized spacial score (nSPS) is 15.6. The molecular formula is C20H27N5O2. The fourth-order valence-electron chi connectivity index (χ4n) is 3.13. The predicted molar refractivity (Wildman–Crippen MR) is 105 cm³/mol. The Morgan fingerprint density at radius 1 is 1.37 bits per heavy atom. The summed E-state index contributed by atoms with van der Waals surface area (Å²) in [5, 5.41) is 5.95. The lowest BCUT2D eigenvalue weighted by molar-refractivity contribution is 0.0892. The predicted octanol–water partition coefficient (Wildman–Crippen LogP) is 2.57. The van der Waals surface area contributed by atoms with Gasteiger partial charge in [-0.05, 0) is 30.0 Å². The summed E-state index contributed by atoms with van der Waals surface area (Å²) in [5.74, 6) is -0.143. The number of benzene rings is 1. The number of aryl methyl sites for hydroxylation is 1. The van der Waals surface area contributed by atoms with Crippen LogP contribution in [0.3, 0.4) is 0 Å². The van der Waals surface area contributed by atoms with Gasteiger partial charge in [-0.1, -0.05) is 26.8 Å². The van der Waals surface area contributed by atoms with E-state index in [4.69, 9.17) is 0 Å². The number of nitrogens with one attached hydrogen (secondary N) is 2. The molecule has 1 atom stereocenters. The van der Waals surface area contributed by atoms with Gasteiger partial charge in [0.15, 0.2) is 0 Å². The molecule has 1 fully saturated rings. The van der Waals surface area contributed by atoms with E-state index in [9.17, 15) is 9.59 Å². The first-order valence-electron chi connectivity index (χ1n) is 9.18. The van der Waals surface area contributed by atoms with Crippen molar-refractivity contribution in [3.8, 4) is 0 Å². The quantitative estimate of drug-likeness (QED) is 0.850. The molecule has 2 N–H and O–H groups in total. The molecule has 3 rings (SSSR count). The van der Waals surface area contributed by atoms with Gasteiger partial charge in [0.25, 0.3) is 5.91 Å². The number of hydrogen-bond donors (Lipinski definition) is 2. The van der Waals surface area contributed by atoms with Gasteiger partial charge in [0.05, 0.1) is 12.4 Å². The minimum absolute atomic E-state index is 0.0703. The van der Waals surface area contributed by atoms with E-state index in [0.717, 1.165) is 11.3 Å². The molecule has 2 heterocycles. The molecule has 0 saturated carbocycles. The highest BCUT2D eigenvalue weighted by Crippen LogP contribution is 2.25. The first-order chi connectivity index (χ1) is 12.8. The number of aromatic nitrogens is 2. The Labute approximate surface area is 159 Å². The molecule has 1 aromatic carbocycles. The molecule has 7 heteroatoms. The van der Waals surface area contributed by atoms with Crippen LogP contribution in [-0.2, 0) is 6.54 Å². The van der Waals surface area contributed by atoms with Gasteiger partial charge < -0.3 is 15.2 Å². The monoisotopic (exact) mass is 369 g/mol. The van der Waals surface area contributed by atoms with Crippen LogP contribution in [0.15, 0.2) is 36.9 Å². The second-order valence-corrected chi connectivity index (χ2v) is 8.04. The molecule has 27 heavy (non-hydrogen) atoms. The molecule has 0 bridgehead atoms. The van der Waals surface area contributed by atoms with E-state index >= 15 is 0 Å². The maximum atomic E-state index is 12.9. The van der Waals surface area contributed by atoms with Crippen LogP contribution in [0.4, 0.5) is 10.5 Å². The highest BCUT2D eigenvalue weighted by atomic mass is 16.2. The fourth-order valence-corrected chi connectivity index (χ4v) is 3.13. The lowest BCUT2D eigenvalue weighted by Crippen LogP contribution is -2.46. The van der Waals surface area contributed by atoms with Gasteiger partial charge in [0.1, 0.15) is 0 Å². The van der Waals surface area contributed by atoms with Crippen molar-refractivity contribution in [3.05, 3.63) is 48.0 Å². The van der Waals surface area contributed by atoms with Gasteiger partial charge in [0, 0.05) is 43.3 Å². The summed E-state index contributed by atoms with van der Waals surface area (Å²) in [6.45, 7) is 10.1. The van der Waals surface area contributed by atoms with Gasteiger partial charge in [-0.25, -0.2) is 9.78 Å². The van der Waals surface area contributed by atoms with Crippen LogP contribution in [0.2, 0.25) is 0 Å². The molecule has 0 radical (unpaired) electrons. The van der Waals surface area contributed by atoms with E-state index in [-0.39, 0.29) is 23.4 Å². The van der Waals surface area contributed by atoms with E-state index in [1.807, 2.05) is 23.8 Å². The highest BCUT2D eigenvalue weighted by molar-refractivity contribution is 5.99. The van der Waals surface area contributed by atoms with Crippen molar-refractivity contribution in [3.63, 3.8) is 0 Å². The number of urea groups is 1. The van der Waals surface area contributed by atoms with Crippen LogP contribution >= 0.6 is 0 Å². The van der Waals surface area contributed by atoms with Gasteiger partial charge >= 0.3 is 6.03 Å². The third-order valence-electron chi connectivity index (χ3n) is 4.92. The largest absolute Gasteiger partial charge is 0.347 e. The molecule has 2 aromatic rings. The third kappa shape index (κ3) is 4.30. The number of rotatable bonds is 5. The topological polar surface area (TPSA) is 79.3 Å². The Morgan fingerprint density at radius 2 is 2.15 bits per heavy atom. The third-order valence-corrected chi connectivity index (χ3v) is 4.92. The van der Waals surface area contributed by atoms with Gasteiger partial charge in [-0.15, -0.1) is 0 Å². The lowest BCUT2D eigenvalue weighted by atomic mass is 9.86. The molecular weight excluding hydrogens is 342 g/mol. The Bertz CT molecular complexity index is 823. The van der Waals surface area contributed by atoms with Crippen LogP contribution in [0, 0.1) is 12.3 Å². The number of anilines is 1. The summed E-state index contributed by atoms with van der Waals surface area (Å²) in [7, 11) is 0. The average molecular weight is 369 g/mol. The number of carbonyl (C=O) groups excluding carboxylic acids is 2.